The van der Waals surface area contributed by atoms with E-state index in [0.29, 0.717) is 24.0 Å². The Morgan fingerprint density at radius 2 is 1.94 bits per heavy atom. The molecule has 0 saturated heterocycles. The van der Waals surface area contributed by atoms with Crippen LogP contribution in [0.4, 0.5) is 0 Å². The SMILES string of the molecule is O=C(O)C1CC(N2C(=O)c3ccccc3C2O)C1. The van der Waals surface area contributed by atoms with Crippen LogP contribution in [0.2, 0.25) is 0 Å². The molecule has 1 unspecified atom stereocenters. The summed E-state index contributed by atoms with van der Waals surface area (Å²) in [6.45, 7) is 0. The van der Waals surface area contributed by atoms with Gasteiger partial charge in [-0.2, -0.15) is 0 Å². The molecule has 0 bridgehead atoms. The number of benzene rings is 1. The molecule has 3 rings (SSSR count). The zero-order chi connectivity index (χ0) is 12.9. The van der Waals surface area contributed by atoms with E-state index in [4.69, 9.17) is 5.11 Å². The molecule has 5 heteroatoms. The Labute approximate surface area is 104 Å². The summed E-state index contributed by atoms with van der Waals surface area (Å²) in [5.41, 5.74) is 1.13. The molecule has 2 aliphatic rings. The smallest absolute Gasteiger partial charge is 0.306 e. The summed E-state index contributed by atoms with van der Waals surface area (Å²) in [7, 11) is 0. The fourth-order valence-corrected chi connectivity index (χ4v) is 2.70. The van der Waals surface area contributed by atoms with Gasteiger partial charge in [0.1, 0.15) is 0 Å². The van der Waals surface area contributed by atoms with Crippen LogP contribution >= 0.6 is 0 Å². The van der Waals surface area contributed by atoms with E-state index >= 15 is 0 Å². The largest absolute Gasteiger partial charge is 0.481 e. The maximum atomic E-state index is 12.1. The number of carboxylic acid groups (broad SMARTS) is 1. The van der Waals surface area contributed by atoms with Crippen molar-refractivity contribution >= 4 is 11.9 Å². The molecule has 18 heavy (non-hydrogen) atoms. The van der Waals surface area contributed by atoms with Crippen molar-refractivity contribution < 1.29 is 19.8 Å². The third-order valence-corrected chi connectivity index (χ3v) is 3.82. The van der Waals surface area contributed by atoms with Gasteiger partial charge in [-0.3, -0.25) is 9.59 Å². The van der Waals surface area contributed by atoms with Crippen molar-refractivity contribution in [3.05, 3.63) is 35.4 Å². The highest BCUT2D eigenvalue weighted by Crippen LogP contribution is 2.41. The lowest BCUT2D eigenvalue weighted by Gasteiger charge is -2.40. The van der Waals surface area contributed by atoms with Crippen LogP contribution in [-0.2, 0) is 4.79 Å². The standard InChI is InChI=1S/C13H13NO4/c15-11-9-3-1-2-4-10(9)12(16)14(11)8-5-7(6-8)13(17)18/h1-4,7-8,11,15H,5-6H2,(H,17,18). The molecule has 0 spiro atoms. The first-order chi connectivity index (χ1) is 8.59. The molecule has 1 aliphatic heterocycles. The Morgan fingerprint density at radius 3 is 2.56 bits per heavy atom. The number of carboxylic acids is 1. The summed E-state index contributed by atoms with van der Waals surface area (Å²) in [5.74, 6) is -1.42. The molecule has 1 fully saturated rings. The number of carbonyl (C=O) groups is 2. The molecule has 1 aromatic carbocycles. The monoisotopic (exact) mass is 247 g/mol. The molecule has 2 N–H and O–H groups in total. The van der Waals surface area contributed by atoms with Crippen molar-refractivity contribution in [2.75, 3.05) is 0 Å². The number of rotatable bonds is 2. The minimum absolute atomic E-state index is 0.166. The average Bonchev–Trinajstić information content (AvgIpc) is 2.53. The molecular formula is C13H13NO4. The van der Waals surface area contributed by atoms with Crippen molar-refractivity contribution in [3.63, 3.8) is 0 Å². The Hall–Kier alpha value is -1.88. The lowest BCUT2D eigenvalue weighted by atomic mass is 9.79. The van der Waals surface area contributed by atoms with E-state index in [2.05, 4.69) is 0 Å². The van der Waals surface area contributed by atoms with E-state index in [1.54, 1.807) is 24.3 Å². The number of hydrogen-bond donors (Lipinski definition) is 2. The van der Waals surface area contributed by atoms with Crippen LogP contribution in [0.5, 0.6) is 0 Å². The Bertz CT molecular complexity index is 521. The van der Waals surface area contributed by atoms with Gasteiger partial charge in [0, 0.05) is 17.2 Å². The Morgan fingerprint density at radius 1 is 1.28 bits per heavy atom. The van der Waals surface area contributed by atoms with E-state index in [9.17, 15) is 14.7 Å². The zero-order valence-corrected chi connectivity index (χ0v) is 9.61. The van der Waals surface area contributed by atoms with E-state index in [0.717, 1.165) is 0 Å². The average molecular weight is 247 g/mol. The second-order valence-electron chi connectivity index (χ2n) is 4.83. The van der Waals surface area contributed by atoms with Gasteiger partial charge in [0.25, 0.3) is 5.91 Å². The van der Waals surface area contributed by atoms with Gasteiger partial charge >= 0.3 is 5.97 Å². The summed E-state index contributed by atoms with van der Waals surface area (Å²) >= 11 is 0. The van der Waals surface area contributed by atoms with Gasteiger partial charge in [0.05, 0.1) is 5.92 Å². The maximum Gasteiger partial charge on any atom is 0.306 e. The zero-order valence-electron chi connectivity index (χ0n) is 9.61. The summed E-state index contributed by atoms with van der Waals surface area (Å²) in [6.07, 6.45) is -0.0911. The van der Waals surface area contributed by atoms with Gasteiger partial charge < -0.3 is 15.1 Å². The molecule has 0 aromatic heterocycles. The minimum atomic E-state index is -0.937. The molecular weight excluding hydrogens is 234 g/mol. The summed E-state index contributed by atoms with van der Waals surface area (Å²) < 4.78 is 0. The van der Waals surface area contributed by atoms with Crippen LogP contribution in [0.15, 0.2) is 24.3 Å². The number of carbonyl (C=O) groups excluding carboxylic acids is 1. The van der Waals surface area contributed by atoms with E-state index < -0.39 is 18.1 Å². The number of fused-ring (bicyclic) bond motifs is 1. The number of amides is 1. The third kappa shape index (κ3) is 1.44. The number of nitrogens with zero attached hydrogens (tertiary/aromatic N) is 1. The minimum Gasteiger partial charge on any atom is -0.481 e. The normalized spacial score (nSPS) is 29.9. The summed E-state index contributed by atoms with van der Waals surface area (Å²) in [5, 5.41) is 19.0. The third-order valence-electron chi connectivity index (χ3n) is 3.82. The lowest BCUT2D eigenvalue weighted by Crippen LogP contribution is -2.48. The first-order valence-corrected chi connectivity index (χ1v) is 5.92. The van der Waals surface area contributed by atoms with E-state index in [-0.39, 0.29) is 11.9 Å². The summed E-state index contributed by atoms with van der Waals surface area (Å²) in [4.78, 5) is 24.3. The van der Waals surface area contributed by atoms with Crippen LogP contribution in [0.3, 0.4) is 0 Å². The Kier molecular flexibility index (Phi) is 2.38. The highest BCUT2D eigenvalue weighted by atomic mass is 16.4. The van der Waals surface area contributed by atoms with Gasteiger partial charge in [-0.1, -0.05) is 18.2 Å². The van der Waals surface area contributed by atoms with Crippen molar-refractivity contribution in [2.24, 2.45) is 5.92 Å². The van der Waals surface area contributed by atoms with Crippen LogP contribution in [0.1, 0.15) is 35.0 Å². The van der Waals surface area contributed by atoms with Gasteiger partial charge in [0.15, 0.2) is 6.23 Å². The maximum absolute atomic E-state index is 12.1. The van der Waals surface area contributed by atoms with Crippen molar-refractivity contribution in [1.29, 1.82) is 0 Å². The highest BCUT2D eigenvalue weighted by molar-refractivity contribution is 5.99. The van der Waals surface area contributed by atoms with Crippen LogP contribution in [-0.4, -0.2) is 33.0 Å². The van der Waals surface area contributed by atoms with Crippen molar-refractivity contribution in [1.82, 2.24) is 4.90 Å². The second kappa shape index (κ2) is 3.81. The predicted molar refractivity (Wildman–Crippen MR) is 61.7 cm³/mol. The van der Waals surface area contributed by atoms with Crippen LogP contribution in [0.25, 0.3) is 0 Å². The summed E-state index contributed by atoms with van der Waals surface area (Å²) in [6, 6.07) is 6.79. The first-order valence-electron chi connectivity index (χ1n) is 5.92. The molecule has 1 atom stereocenters. The highest BCUT2D eigenvalue weighted by Gasteiger charge is 2.46. The number of aliphatic carboxylic acids is 1. The molecule has 1 aromatic rings. The molecule has 94 valence electrons. The predicted octanol–water partition coefficient (Wildman–Crippen LogP) is 0.997. The van der Waals surface area contributed by atoms with E-state index in [1.807, 2.05) is 0 Å². The van der Waals surface area contributed by atoms with Gasteiger partial charge in [-0.15, -0.1) is 0 Å². The topological polar surface area (TPSA) is 77.8 Å². The number of hydrogen-bond acceptors (Lipinski definition) is 3. The Balaban J connectivity index is 1.81. The molecule has 5 nitrogen and oxygen atoms in total. The fraction of sp³-hybridized carbons (Fsp3) is 0.385. The van der Waals surface area contributed by atoms with Gasteiger partial charge in [-0.05, 0) is 18.9 Å². The second-order valence-corrected chi connectivity index (χ2v) is 4.83. The van der Waals surface area contributed by atoms with Crippen LogP contribution in [0, 0.1) is 5.92 Å². The molecule has 1 heterocycles. The van der Waals surface area contributed by atoms with Crippen molar-refractivity contribution in [2.45, 2.75) is 25.1 Å². The lowest BCUT2D eigenvalue weighted by molar-refractivity contribution is -0.148. The van der Waals surface area contributed by atoms with Gasteiger partial charge in [-0.25, -0.2) is 0 Å². The van der Waals surface area contributed by atoms with E-state index in [1.165, 1.54) is 4.90 Å². The first kappa shape index (κ1) is 11.2. The van der Waals surface area contributed by atoms with Gasteiger partial charge in [0.2, 0.25) is 0 Å². The molecule has 1 aliphatic carbocycles. The molecule has 1 amide bonds. The van der Waals surface area contributed by atoms with Crippen molar-refractivity contribution in [3.8, 4) is 0 Å². The number of aliphatic hydroxyl groups is 1. The van der Waals surface area contributed by atoms with Crippen LogP contribution < -0.4 is 0 Å². The fourth-order valence-electron chi connectivity index (χ4n) is 2.70. The molecule has 1 saturated carbocycles. The quantitative estimate of drug-likeness (QED) is 0.817. The number of aliphatic hydroxyl groups excluding tert-OH is 1. The molecule has 0 radical (unpaired) electrons.